The van der Waals surface area contributed by atoms with Gasteiger partial charge in [0.15, 0.2) is 0 Å². The summed E-state index contributed by atoms with van der Waals surface area (Å²) in [5.74, 6) is -0.132. The van der Waals surface area contributed by atoms with Crippen molar-refractivity contribution < 1.29 is 4.79 Å². The highest BCUT2D eigenvalue weighted by atomic mass is 35.5. The van der Waals surface area contributed by atoms with Crippen LogP contribution in [-0.4, -0.2) is 10.9 Å². The molecule has 0 atom stereocenters. The predicted molar refractivity (Wildman–Crippen MR) is 78.9 cm³/mol. The summed E-state index contributed by atoms with van der Waals surface area (Å²) in [6.07, 6.45) is 0. The van der Waals surface area contributed by atoms with Crippen LogP contribution in [0.1, 0.15) is 27.2 Å². The number of anilines is 1. The Kier molecular flexibility index (Phi) is 3.42. The molecule has 1 aliphatic heterocycles. The van der Waals surface area contributed by atoms with Gasteiger partial charge in [0.1, 0.15) is 5.15 Å². The highest BCUT2D eigenvalue weighted by Crippen LogP contribution is 2.20. The molecule has 0 aliphatic carbocycles. The zero-order valence-corrected chi connectivity index (χ0v) is 11.8. The zero-order chi connectivity index (χ0) is 14.1. The van der Waals surface area contributed by atoms with Gasteiger partial charge in [-0.2, -0.15) is 0 Å². The summed E-state index contributed by atoms with van der Waals surface area (Å²) in [5, 5.41) is 6.55. The topological polar surface area (TPSA) is 54.0 Å². The van der Waals surface area contributed by atoms with Gasteiger partial charge in [0.25, 0.3) is 5.91 Å². The van der Waals surface area contributed by atoms with E-state index >= 15 is 0 Å². The number of carbonyl (C=O) groups is 1. The number of halogens is 1. The standard InChI is InChI=1S/C15H14ClN3O/c1-9-13(4-5-14(16)18-9)19-15(20)10-2-3-11-7-17-8-12(11)6-10/h2-6,17H,7-8H2,1H3,(H,19,20). The molecule has 0 bridgehead atoms. The average molecular weight is 288 g/mol. The molecule has 1 amide bonds. The first-order chi connectivity index (χ1) is 9.63. The third kappa shape index (κ3) is 2.53. The van der Waals surface area contributed by atoms with Gasteiger partial charge in [-0.1, -0.05) is 17.7 Å². The molecule has 2 heterocycles. The van der Waals surface area contributed by atoms with Crippen molar-refractivity contribution in [1.29, 1.82) is 0 Å². The Hall–Kier alpha value is -1.91. The second-order valence-corrected chi connectivity index (χ2v) is 5.20. The first-order valence-corrected chi connectivity index (χ1v) is 6.78. The molecule has 5 heteroatoms. The van der Waals surface area contributed by atoms with Crippen molar-refractivity contribution in [3.63, 3.8) is 0 Å². The molecule has 102 valence electrons. The highest BCUT2D eigenvalue weighted by molar-refractivity contribution is 6.29. The van der Waals surface area contributed by atoms with Crippen molar-refractivity contribution >= 4 is 23.2 Å². The maximum atomic E-state index is 12.3. The van der Waals surface area contributed by atoms with E-state index in [0.29, 0.717) is 22.1 Å². The summed E-state index contributed by atoms with van der Waals surface area (Å²) < 4.78 is 0. The van der Waals surface area contributed by atoms with E-state index in [1.165, 1.54) is 11.1 Å². The number of nitrogens with one attached hydrogen (secondary N) is 2. The molecular formula is C15H14ClN3O. The minimum atomic E-state index is -0.132. The van der Waals surface area contributed by atoms with Crippen LogP contribution in [0.2, 0.25) is 5.15 Å². The van der Waals surface area contributed by atoms with Crippen LogP contribution in [0.25, 0.3) is 0 Å². The summed E-state index contributed by atoms with van der Waals surface area (Å²) in [5.41, 5.74) is 4.47. The molecule has 0 fully saturated rings. The fraction of sp³-hybridized carbons (Fsp3) is 0.200. The third-order valence-electron chi connectivity index (χ3n) is 3.40. The van der Waals surface area contributed by atoms with E-state index < -0.39 is 0 Å². The van der Waals surface area contributed by atoms with Gasteiger partial charge in [-0.05, 0) is 42.3 Å². The van der Waals surface area contributed by atoms with Crippen molar-refractivity contribution in [1.82, 2.24) is 10.3 Å². The van der Waals surface area contributed by atoms with Crippen molar-refractivity contribution in [2.45, 2.75) is 20.0 Å². The van der Waals surface area contributed by atoms with Gasteiger partial charge in [-0.15, -0.1) is 0 Å². The molecule has 2 aromatic rings. The van der Waals surface area contributed by atoms with Gasteiger partial charge in [-0.25, -0.2) is 4.98 Å². The Morgan fingerprint density at radius 3 is 2.85 bits per heavy atom. The first-order valence-electron chi connectivity index (χ1n) is 6.40. The quantitative estimate of drug-likeness (QED) is 0.835. The molecule has 0 spiro atoms. The number of hydrogen-bond acceptors (Lipinski definition) is 3. The van der Waals surface area contributed by atoms with E-state index in [9.17, 15) is 4.79 Å². The molecule has 20 heavy (non-hydrogen) atoms. The molecule has 0 saturated heterocycles. The largest absolute Gasteiger partial charge is 0.320 e. The van der Waals surface area contributed by atoms with Gasteiger partial charge >= 0.3 is 0 Å². The van der Waals surface area contributed by atoms with E-state index in [0.717, 1.165) is 13.1 Å². The lowest BCUT2D eigenvalue weighted by molar-refractivity contribution is 0.102. The summed E-state index contributed by atoms with van der Waals surface area (Å²) in [7, 11) is 0. The molecule has 1 aromatic heterocycles. The van der Waals surface area contributed by atoms with Crippen molar-refractivity contribution in [2.75, 3.05) is 5.32 Å². The second-order valence-electron chi connectivity index (χ2n) is 4.81. The Morgan fingerprint density at radius 2 is 2.05 bits per heavy atom. The third-order valence-corrected chi connectivity index (χ3v) is 3.61. The van der Waals surface area contributed by atoms with E-state index in [-0.39, 0.29) is 5.91 Å². The number of hydrogen-bond donors (Lipinski definition) is 2. The van der Waals surface area contributed by atoms with Gasteiger partial charge in [0.2, 0.25) is 0 Å². The number of fused-ring (bicyclic) bond motifs is 1. The van der Waals surface area contributed by atoms with Crippen LogP contribution in [0.3, 0.4) is 0 Å². The Morgan fingerprint density at radius 1 is 1.25 bits per heavy atom. The normalized spacial score (nSPS) is 13.1. The maximum Gasteiger partial charge on any atom is 0.255 e. The van der Waals surface area contributed by atoms with E-state index in [2.05, 4.69) is 15.6 Å². The fourth-order valence-electron chi connectivity index (χ4n) is 2.29. The van der Waals surface area contributed by atoms with E-state index in [1.807, 2.05) is 25.1 Å². The minimum Gasteiger partial charge on any atom is -0.320 e. The molecule has 0 unspecified atom stereocenters. The summed E-state index contributed by atoms with van der Waals surface area (Å²) in [6, 6.07) is 9.20. The van der Waals surface area contributed by atoms with Crippen molar-refractivity contribution in [3.8, 4) is 0 Å². The molecule has 1 aliphatic rings. The summed E-state index contributed by atoms with van der Waals surface area (Å²) >= 11 is 5.80. The lowest BCUT2D eigenvalue weighted by Crippen LogP contribution is -2.13. The predicted octanol–water partition coefficient (Wildman–Crippen LogP) is 2.90. The number of benzene rings is 1. The molecule has 4 nitrogen and oxygen atoms in total. The lowest BCUT2D eigenvalue weighted by Gasteiger charge is -2.09. The molecule has 0 saturated carbocycles. The number of pyridine rings is 1. The molecule has 0 radical (unpaired) electrons. The lowest BCUT2D eigenvalue weighted by atomic mass is 10.1. The van der Waals surface area contributed by atoms with E-state index in [4.69, 9.17) is 11.6 Å². The molecule has 1 aromatic carbocycles. The Labute approximate surface area is 122 Å². The van der Waals surface area contributed by atoms with Gasteiger partial charge in [0, 0.05) is 18.7 Å². The van der Waals surface area contributed by atoms with Crippen LogP contribution in [0, 0.1) is 6.92 Å². The fourth-order valence-corrected chi connectivity index (χ4v) is 2.48. The number of aromatic nitrogens is 1. The summed E-state index contributed by atoms with van der Waals surface area (Å²) in [4.78, 5) is 16.4. The maximum absolute atomic E-state index is 12.3. The second kappa shape index (κ2) is 5.23. The summed E-state index contributed by atoms with van der Waals surface area (Å²) in [6.45, 7) is 3.50. The van der Waals surface area contributed by atoms with Gasteiger partial charge in [-0.3, -0.25) is 4.79 Å². The monoisotopic (exact) mass is 287 g/mol. The van der Waals surface area contributed by atoms with Crippen LogP contribution >= 0.6 is 11.6 Å². The molecular weight excluding hydrogens is 274 g/mol. The number of aryl methyl sites for hydroxylation is 1. The van der Waals surface area contributed by atoms with Crippen LogP contribution in [0.5, 0.6) is 0 Å². The molecule has 2 N–H and O–H groups in total. The average Bonchev–Trinajstić information content (AvgIpc) is 2.89. The molecule has 3 rings (SSSR count). The van der Waals surface area contributed by atoms with Gasteiger partial charge < -0.3 is 10.6 Å². The van der Waals surface area contributed by atoms with Crippen molar-refractivity contribution in [3.05, 3.63) is 57.9 Å². The number of rotatable bonds is 2. The van der Waals surface area contributed by atoms with Gasteiger partial charge in [0.05, 0.1) is 11.4 Å². The Balaban J connectivity index is 1.82. The smallest absolute Gasteiger partial charge is 0.255 e. The number of amides is 1. The minimum absolute atomic E-state index is 0.132. The highest BCUT2D eigenvalue weighted by Gasteiger charge is 2.14. The number of nitrogens with zero attached hydrogens (tertiary/aromatic N) is 1. The van der Waals surface area contributed by atoms with Crippen LogP contribution in [0.4, 0.5) is 5.69 Å². The Bertz CT molecular complexity index is 685. The first kappa shape index (κ1) is 13.1. The van der Waals surface area contributed by atoms with Crippen LogP contribution < -0.4 is 10.6 Å². The zero-order valence-electron chi connectivity index (χ0n) is 11.0. The van der Waals surface area contributed by atoms with Crippen LogP contribution in [0.15, 0.2) is 30.3 Å². The van der Waals surface area contributed by atoms with Crippen molar-refractivity contribution in [2.24, 2.45) is 0 Å². The number of carbonyl (C=O) groups excluding carboxylic acids is 1. The SMILES string of the molecule is Cc1nc(Cl)ccc1NC(=O)c1ccc2c(c1)CNC2. The van der Waals surface area contributed by atoms with Crippen LogP contribution in [-0.2, 0) is 13.1 Å². The van der Waals surface area contributed by atoms with E-state index in [1.54, 1.807) is 12.1 Å².